The van der Waals surface area contributed by atoms with Crippen LogP contribution < -0.4 is 15.8 Å². The van der Waals surface area contributed by atoms with Gasteiger partial charge in [0.1, 0.15) is 5.75 Å². The first-order chi connectivity index (χ1) is 8.84. The molecule has 0 spiro atoms. The molecule has 19 heavy (non-hydrogen) atoms. The second-order valence-electron chi connectivity index (χ2n) is 5.33. The van der Waals surface area contributed by atoms with Gasteiger partial charge in [0.25, 0.3) is 0 Å². The van der Waals surface area contributed by atoms with Gasteiger partial charge in [0, 0.05) is 17.1 Å². The summed E-state index contributed by atoms with van der Waals surface area (Å²) in [5.74, 6) is 1.38. The Morgan fingerprint density at radius 2 is 1.74 bits per heavy atom. The van der Waals surface area contributed by atoms with Gasteiger partial charge < -0.3 is 15.8 Å². The van der Waals surface area contributed by atoms with Gasteiger partial charge in [-0.25, -0.2) is 0 Å². The first kappa shape index (κ1) is 16.3. The molecule has 1 unspecified atom stereocenters. The molecule has 0 aliphatic heterocycles. The molecular weight excluding hydrogens is 304 g/mol. The van der Waals surface area contributed by atoms with Crippen LogP contribution in [-0.2, 0) is 0 Å². The normalized spacial score (nSPS) is 12.7. The molecule has 4 heteroatoms. The molecule has 0 saturated heterocycles. The second kappa shape index (κ2) is 6.62. The highest BCUT2D eigenvalue weighted by molar-refractivity contribution is 9.10. The molecule has 3 N–H and O–H groups in total. The Balaban J connectivity index is 3.33. The van der Waals surface area contributed by atoms with Crippen LogP contribution in [0.4, 0.5) is 5.69 Å². The Morgan fingerprint density at radius 1 is 1.16 bits per heavy atom. The standard InChI is InChI=1S/C15H25BrN2O/c1-8(2)12(7-17)18-14-11(5)13(16)9(3)10(4)15(14)19-6/h8,12,18H,7,17H2,1-6H3. The molecule has 0 aliphatic rings. The quantitative estimate of drug-likeness (QED) is 0.864. The van der Waals surface area contributed by atoms with Crippen molar-refractivity contribution in [1.29, 1.82) is 0 Å². The van der Waals surface area contributed by atoms with E-state index in [-0.39, 0.29) is 6.04 Å². The molecule has 0 aromatic heterocycles. The van der Waals surface area contributed by atoms with Crippen LogP contribution >= 0.6 is 15.9 Å². The van der Waals surface area contributed by atoms with Crippen molar-refractivity contribution in [2.24, 2.45) is 11.7 Å². The number of hydrogen-bond donors (Lipinski definition) is 2. The Kier molecular flexibility index (Phi) is 5.68. The van der Waals surface area contributed by atoms with Crippen LogP contribution in [0.15, 0.2) is 4.47 Å². The molecule has 1 atom stereocenters. The summed E-state index contributed by atoms with van der Waals surface area (Å²) in [6, 6.07) is 0.238. The summed E-state index contributed by atoms with van der Waals surface area (Å²) < 4.78 is 6.73. The predicted octanol–water partition coefficient (Wildman–Crippen LogP) is 3.78. The van der Waals surface area contributed by atoms with Gasteiger partial charge in [0.2, 0.25) is 0 Å². The van der Waals surface area contributed by atoms with E-state index in [1.807, 2.05) is 0 Å². The first-order valence-corrected chi connectivity index (χ1v) is 7.44. The van der Waals surface area contributed by atoms with Crippen molar-refractivity contribution in [3.63, 3.8) is 0 Å². The lowest BCUT2D eigenvalue weighted by Gasteiger charge is -2.26. The summed E-state index contributed by atoms with van der Waals surface area (Å²) in [7, 11) is 1.72. The molecule has 0 saturated carbocycles. The van der Waals surface area contributed by atoms with Crippen LogP contribution in [0.1, 0.15) is 30.5 Å². The number of halogens is 1. The van der Waals surface area contributed by atoms with Gasteiger partial charge in [-0.3, -0.25) is 0 Å². The van der Waals surface area contributed by atoms with E-state index < -0.39 is 0 Å². The van der Waals surface area contributed by atoms with Gasteiger partial charge in [-0.05, 0) is 43.4 Å². The lowest BCUT2D eigenvalue weighted by molar-refractivity contribution is 0.411. The van der Waals surface area contributed by atoms with Crippen LogP contribution in [-0.4, -0.2) is 19.7 Å². The molecule has 0 bridgehead atoms. The van der Waals surface area contributed by atoms with Gasteiger partial charge in [-0.1, -0.05) is 29.8 Å². The Hall–Kier alpha value is -0.740. The van der Waals surface area contributed by atoms with E-state index in [1.165, 1.54) is 11.1 Å². The molecule has 0 fully saturated rings. The maximum Gasteiger partial charge on any atom is 0.145 e. The SMILES string of the molecule is COc1c(C)c(C)c(Br)c(C)c1NC(CN)C(C)C. The van der Waals surface area contributed by atoms with E-state index in [0.717, 1.165) is 21.5 Å². The smallest absolute Gasteiger partial charge is 0.145 e. The highest BCUT2D eigenvalue weighted by atomic mass is 79.9. The van der Waals surface area contributed by atoms with Gasteiger partial charge in [0.05, 0.1) is 12.8 Å². The summed E-state index contributed by atoms with van der Waals surface area (Å²) in [6.07, 6.45) is 0. The first-order valence-electron chi connectivity index (χ1n) is 6.64. The Morgan fingerprint density at radius 3 is 2.16 bits per heavy atom. The molecular formula is C15H25BrN2O. The summed E-state index contributed by atoms with van der Waals surface area (Å²) in [5.41, 5.74) is 10.4. The van der Waals surface area contributed by atoms with Crippen LogP contribution in [0.3, 0.4) is 0 Å². The van der Waals surface area contributed by atoms with Gasteiger partial charge in [-0.2, -0.15) is 0 Å². The zero-order chi connectivity index (χ0) is 14.7. The fraction of sp³-hybridized carbons (Fsp3) is 0.600. The second-order valence-corrected chi connectivity index (χ2v) is 6.12. The van der Waals surface area contributed by atoms with E-state index in [9.17, 15) is 0 Å². The Labute approximate surface area is 125 Å². The molecule has 1 aromatic carbocycles. The monoisotopic (exact) mass is 328 g/mol. The van der Waals surface area contributed by atoms with Gasteiger partial charge >= 0.3 is 0 Å². The molecule has 0 radical (unpaired) electrons. The largest absolute Gasteiger partial charge is 0.494 e. The van der Waals surface area contributed by atoms with Crippen LogP contribution in [0, 0.1) is 26.7 Å². The number of nitrogens with two attached hydrogens (primary N) is 1. The maximum absolute atomic E-state index is 5.85. The van der Waals surface area contributed by atoms with Gasteiger partial charge in [0.15, 0.2) is 0 Å². The molecule has 0 amide bonds. The lowest BCUT2D eigenvalue weighted by atomic mass is 10.00. The maximum atomic E-state index is 5.85. The summed E-state index contributed by atoms with van der Waals surface area (Å²) in [6.45, 7) is 11.2. The van der Waals surface area contributed by atoms with Crippen molar-refractivity contribution in [1.82, 2.24) is 0 Å². The minimum atomic E-state index is 0.238. The summed E-state index contributed by atoms with van der Waals surface area (Å²) >= 11 is 3.67. The van der Waals surface area contributed by atoms with E-state index in [0.29, 0.717) is 12.5 Å². The molecule has 3 nitrogen and oxygen atoms in total. The number of ether oxygens (including phenoxy) is 1. The Bertz CT molecular complexity index is 458. The van der Waals surface area contributed by atoms with Crippen molar-refractivity contribution < 1.29 is 4.74 Å². The van der Waals surface area contributed by atoms with Crippen LogP contribution in [0.5, 0.6) is 5.75 Å². The molecule has 0 aliphatic carbocycles. The average Bonchev–Trinajstić information content (AvgIpc) is 2.38. The van der Waals surface area contributed by atoms with Gasteiger partial charge in [-0.15, -0.1) is 0 Å². The topological polar surface area (TPSA) is 47.3 Å². The fourth-order valence-corrected chi connectivity index (χ4v) is 2.69. The fourth-order valence-electron chi connectivity index (χ4n) is 2.20. The number of hydrogen-bond acceptors (Lipinski definition) is 3. The minimum Gasteiger partial charge on any atom is -0.494 e. The van der Waals surface area contributed by atoms with E-state index >= 15 is 0 Å². The minimum absolute atomic E-state index is 0.238. The van der Waals surface area contributed by atoms with Crippen molar-refractivity contribution in [3.05, 3.63) is 21.2 Å². The predicted molar refractivity (Wildman–Crippen MR) is 86.2 cm³/mol. The third-order valence-corrected chi connectivity index (χ3v) is 4.95. The average molecular weight is 329 g/mol. The summed E-state index contributed by atoms with van der Waals surface area (Å²) in [5, 5.41) is 3.54. The highest BCUT2D eigenvalue weighted by Gasteiger charge is 2.20. The van der Waals surface area contributed by atoms with E-state index in [2.05, 4.69) is 55.9 Å². The van der Waals surface area contributed by atoms with Crippen molar-refractivity contribution in [2.45, 2.75) is 40.7 Å². The number of rotatable bonds is 5. The van der Waals surface area contributed by atoms with Crippen molar-refractivity contribution in [2.75, 3.05) is 19.0 Å². The number of anilines is 1. The molecule has 1 aromatic rings. The molecule has 0 heterocycles. The third-order valence-electron chi connectivity index (χ3n) is 3.76. The van der Waals surface area contributed by atoms with E-state index in [1.54, 1.807) is 7.11 Å². The molecule has 1 rings (SSSR count). The third kappa shape index (κ3) is 3.23. The number of benzene rings is 1. The molecule has 108 valence electrons. The highest BCUT2D eigenvalue weighted by Crippen LogP contribution is 2.40. The summed E-state index contributed by atoms with van der Waals surface area (Å²) in [4.78, 5) is 0. The zero-order valence-electron chi connectivity index (χ0n) is 12.7. The zero-order valence-corrected chi connectivity index (χ0v) is 14.3. The lowest BCUT2D eigenvalue weighted by Crippen LogP contribution is -2.34. The number of nitrogens with one attached hydrogen (secondary N) is 1. The van der Waals surface area contributed by atoms with Crippen molar-refractivity contribution in [3.8, 4) is 5.75 Å². The van der Waals surface area contributed by atoms with Crippen LogP contribution in [0.25, 0.3) is 0 Å². The van der Waals surface area contributed by atoms with Crippen LogP contribution in [0.2, 0.25) is 0 Å². The number of methoxy groups -OCH3 is 1. The van der Waals surface area contributed by atoms with Crippen molar-refractivity contribution >= 4 is 21.6 Å². The van der Waals surface area contributed by atoms with E-state index in [4.69, 9.17) is 10.5 Å².